The van der Waals surface area contributed by atoms with Gasteiger partial charge in [-0.05, 0) is 24.3 Å². The highest BCUT2D eigenvalue weighted by Gasteiger charge is 2.26. The number of benzene rings is 1. The molecule has 1 atom stereocenters. The van der Waals surface area contributed by atoms with Gasteiger partial charge in [-0.2, -0.15) is 8.42 Å². The van der Waals surface area contributed by atoms with Crippen LogP contribution in [0.25, 0.3) is 0 Å². The van der Waals surface area contributed by atoms with E-state index in [1.807, 2.05) is 0 Å². The van der Waals surface area contributed by atoms with E-state index in [4.69, 9.17) is 20.5 Å². The van der Waals surface area contributed by atoms with Gasteiger partial charge >= 0.3 is 0 Å². The van der Waals surface area contributed by atoms with Gasteiger partial charge in [-0.1, -0.05) is 11.6 Å². The van der Waals surface area contributed by atoms with Crippen LogP contribution >= 0.6 is 11.6 Å². The summed E-state index contributed by atoms with van der Waals surface area (Å²) < 4.78 is 32.7. The molecule has 0 N–H and O–H groups in total. The van der Waals surface area contributed by atoms with Crippen LogP contribution < -0.4 is 0 Å². The topological polar surface area (TPSA) is 55.9 Å². The van der Waals surface area contributed by atoms with Crippen molar-refractivity contribution in [3.8, 4) is 0 Å². The number of hydrogen-bond donors (Lipinski definition) is 0. The third kappa shape index (κ3) is 2.92. The quantitative estimate of drug-likeness (QED) is 0.598. The molecule has 0 amide bonds. The van der Waals surface area contributed by atoms with Crippen molar-refractivity contribution in [3.05, 3.63) is 29.3 Å². The van der Waals surface area contributed by atoms with Gasteiger partial charge in [0.25, 0.3) is 10.1 Å². The Kier molecular flexibility index (Phi) is 2.97. The lowest BCUT2D eigenvalue weighted by molar-refractivity contribution is 0.266. The molecule has 1 aliphatic rings. The molecule has 82 valence electrons. The summed E-state index contributed by atoms with van der Waals surface area (Å²) in [5.74, 6) is 0. The first-order chi connectivity index (χ1) is 7.08. The van der Waals surface area contributed by atoms with Gasteiger partial charge in [0.2, 0.25) is 0 Å². The Labute approximate surface area is 92.9 Å². The average Bonchev–Trinajstić information content (AvgIpc) is 2.99. The first kappa shape index (κ1) is 10.9. The van der Waals surface area contributed by atoms with Crippen LogP contribution in [0.5, 0.6) is 0 Å². The molecule has 0 bridgehead atoms. The molecule has 1 aromatic rings. The fourth-order valence-electron chi connectivity index (χ4n) is 0.999. The highest BCUT2D eigenvalue weighted by molar-refractivity contribution is 7.86. The Hall–Kier alpha value is -0.620. The highest BCUT2D eigenvalue weighted by Crippen LogP contribution is 2.18. The molecule has 6 heteroatoms. The maximum absolute atomic E-state index is 11.6. The smallest absolute Gasteiger partial charge is 0.297 e. The Morgan fingerprint density at radius 2 is 2.00 bits per heavy atom. The van der Waals surface area contributed by atoms with Crippen molar-refractivity contribution in [2.75, 3.05) is 13.2 Å². The van der Waals surface area contributed by atoms with Crippen LogP contribution in [-0.2, 0) is 19.0 Å². The number of epoxide rings is 1. The predicted octanol–water partition coefficient (Wildman–Crippen LogP) is 1.44. The van der Waals surface area contributed by atoms with E-state index in [9.17, 15) is 8.42 Å². The monoisotopic (exact) mass is 248 g/mol. The van der Waals surface area contributed by atoms with Crippen LogP contribution in [0.4, 0.5) is 0 Å². The van der Waals surface area contributed by atoms with E-state index in [1.165, 1.54) is 24.3 Å². The van der Waals surface area contributed by atoms with Gasteiger partial charge < -0.3 is 4.74 Å². The SMILES string of the molecule is O=S(=O)(OC[C@@H]1CO1)c1ccc(Cl)cc1. The molecular weight excluding hydrogens is 240 g/mol. The highest BCUT2D eigenvalue weighted by atomic mass is 35.5. The lowest BCUT2D eigenvalue weighted by Gasteiger charge is -2.03. The maximum atomic E-state index is 11.6. The molecule has 0 aliphatic carbocycles. The zero-order chi connectivity index (χ0) is 10.9. The van der Waals surface area contributed by atoms with Gasteiger partial charge in [0, 0.05) is 5.02 Å². The van der Waals surface area contributed by atoms with Crippen molar-refractivity contribution in [1.29, 1.82) is 0 Å². The van der Waals surface area contributed by atoms with Crippen molar-refractivity contribution >= 4 is 21.7 Å². The van der Waals surface area contributed by atoms with Crippen molar-refractivity contribution < 1.29 is 17.3 Å². The molecular formula is C9H9ClO4S. The van der Waals surface area contributed by atoms with Crippen LogP contribution in [0.3, 0.4) is 0 Å². The zero-order valence-corrected chi connectivity index (χ0v) is 9.29. The van der Waals surface area contributed by atoms with E-state index < -0.39 is 10.1 Å². The third-order valence-corrected chi connectivity index (χ3v) is 3.46. The van der Waals surface area contributed by atoms with Crippen LogP contribution in [-0.4, -0.2) is 27.7 Å². The summed E-state index contributed by atoms with van der Waals surface area (Å²) in [5, 5.41) is 0.486. The average molecular weight is 249 g/mol. The molecule has 0 unspecified atom stereocenters. The zero-order valence-electron chi connectivity index (χ0n) is 7.72. The largest absolute Gasteiger partial charge is 0.371 e. The predicted molar refractivity (Wildman–Crippen MR) is 54.3 cm³/mol. The van der Waals surface area contributed by atoms with Gasteiger partial charge in [0.1, 0.15) is 6.10 Å². The van der Waals surface area contributed by atoms with E-state index in [0.29, 0.717) is 11.6 Å². The molecule has 1 saturated heterocycles. The van der Waals surface area contributed by atoms with E-state index in [1.54, 1.807) is 0 Å². The molecule has 1 fully saturated rings. The van der Waals surface area contributed by atoms with Gasteiger partial charge in [0.05, 0.1) is 18.1 Å². The van der Waals surface area contributed by atoms with Crippen molar-refractivity contribution in [2.45, 2.75) is 11.0 Å². The first-order valence-corrected chi connectivity index (χ1v) is 6.13. The molecule has 15 heavy (non-hydrogen) atoms. The van der Waals surface area contributed by atoms with E-state index >= 15 is 0 Å². The van der Waals surface area contributed by atoms with Gasteiger partial charge in [-0.3, -0.25) is 4.18 Å². The summed E-state index contributed by atoms with van der Waals surface area (Å²) in [6, 6.07) is 5.83. The number of halogens is 1. The fraction of sp³-hybridized carbons (Fsp3) is 0.333. The molecule has 1 aromatic carbocycles. The molecule has 0 spiro atoms. The summed E-state index contributed by atoms with van der Waals surface area (Å²) in [6.07, 6.45) is -0.0768. The van der Waals surface area contributed by atoms with Gasteiger partial charge in [-0.15, -0.1) is 0 Å². The van der Waals surface area contributed by atoms with Crippen molar-refractivity contribution in [2.24, 2.45) is 0 Å². The van der Waals surface area contributed by atoms with Crippen LogP contribution in [0.1, 0.15) is 0 Å². The molecule has 0 radical (unpaired) electrons. The first-order valence-electron chi connectivity index (χ1n) is 4.34. The number of rotatable bonds is 4. The third-order valence-electron chi connectivity index (χ3n) is 1.91. The molecule has 4 nitrogen and oxygen atoms in total. The Morgan fingerprint density at radius 1 is 1.40 bits per heavy atom. The summed E-state index contributed by atoms with van der Waals surface area (Å²) in [7, 11) is -3.67. The minimum atomic E-state index is -3.67. The van der Waals surface area contributed by atoms with Gasteiger partial charge in [0.15, 0.2) is 0 Å². The Bertz CT molecular complexity index is 436. The molecule has 2 rings (SSSR count). The molecule has 0 aromatic heterocycles. The van der Waals surface area contributed by atoms with Crippen LogP contribution in [0, 0.1) is 0 Å². The molecule has 0 saturated carbocycles. The number of ether oxygens (including phenoxy) is 1. The van der Waals surface area contributed by atoms with E-state index in [0.717, 1.165) is 0 Å². The lowest BCUT2D eigenvalue weighted by Crippen LogP contribution is -2.10. The van der Waals surface area contributed by atoms with Crippen molar-refractivity contribution in [3.63, 3.8) is 0 Å². The minimum Gasteiger partial charge on any atom is -0.371 e. The standard InChI is InChI=1S/C9H9ClO4S/c10-7-1-3-9(4-2-7)15(11,12)14-6-8-5-13-8/h1-4,8H,5-6H2/t8-/m0/s1. The van der Waals surface area contributed by atoms with Crippen molar-refractivity contribution in [1.82, 2.24) is 0 Å². The second-order valence-corrected chi connectivity index (χ2v) is 5.20. The molecule has 1 aliphatic heterocycles. The summed E-state index contributed by atoms with van der Waals surface area (Å²) in [5.41, 5.74) is 0. The summed E-state index contributed by atoms with van der Waals surface area (Å²) >= 11 is 5.64. The Morgan fingerprint density at radius 3 is 2.53 bits per heavy atom. The van der Waals surface area contributed by atoms with Gasteiger partial charge in [-0.25, -0.2) is 0 Å². The maximum Gasteiger partial charge on any atom is 0.297 e. The lowest BCUT2D eigenvalue weighted by atomic mass is 10.4. The summed E-state index contributed by atoms with van der Waals surface area (Å²) in [4.78, 5) is 0.104. The number of hydrogen-bond acceptors (Lipinski definition) is 4. The van der Waals surface area contributed by atoms with Crippen LogP contribution in [0.2, 0.25) is 5.02 Å². The van der Waals surface area contributed by atoms with E-state index in [-0.39, 0.29) is 17.6 Å². The fourth-order valence-corrected chi connectivity index (χ4v) is 2.06. The Balaban J connectivity index is 2.09. The summed E-state index contributed by atoms with van der Waals surface area (Å²) in [6.45, 7) is 0.640. The molecule has 1 heterocycles. The second-order valence-electron chi connectivity index (χ2n) is 3.15. The van der Waals surface area contributed by atoms with Crippen LogP contribution in [0.15, 0.2) is 29.2 Å². The minimum absolute atomic E-state index is 0.0744. The normalized spacial score (nSPS) is 20.2. The second kappa shape index (κ2) is 4.09. The van der Waals surface area contributed by atoms with E-state index in [2.05, 4.69) is 0 Å².